The highest BCUT2D eigenvalue weighted by Gasteiger charge is 2.17. The lowest BCUT2D eigenvalue weighted by atomic mass is 10.1. The van der Waals surface area contributed by atoms with E-state index in [0.29, 0.717) is 41.3 Å². The molecule has 7 heteroatoms. The van der Waals surface area contributed by atoms with Crippen LogP contribution in [0.25, 0.3) is 6.08 Å². The molecule has 1 aliphatic heterocycles. The Morgan fingerprint density at radius 1 is 0.970 bits per heavy atom. The van der Waals surface area contributed by atoms with E-state index in [4.69, 9.17) is 9.47 Å². The minimum atomic E-state index is -0.611. The first-order chi connectivity index (χ1) is 16.1. The van der Waals surface area contributed by atoms with Crippen molar-refractivity contribution < 1.29 is 19.1 Å². The van der Waals surface area contributed by atoms with Crippen molar-refractivity contribution in [1.82, 2.24) is 5.32 Å². The molecule has 0 saturated heterocycles. The SMILES string of the molecule is N#C/C(=C\c1ccc2c(c1)OCO2)C(=O)Nc1ccccc1C(=O)NCCc1ccccc1. The number of nitrogens with zero attached hydrogens (tertiary/aromatic N) is 1. The summed E-state index contributed by atoms with van der Waals surface area (Å²) in [6.07, 6.45) is 2.15. The topological polar surface area (TPSA) is 100 Å². The first-order valence-electron chi connectivity index (χ1n) is 10.4. The van der Waals surface area contributed by atoms with E-state index in [1.807, 2.05) is 36.4 Å². The van der Waals surface area contributed by atoms with Crippen LogP contribution in [-0.4, -0.2) is 25.2 Å². The van der Waals surface area contributed by atoms with E-state index in [-0.39, 0.29) is 18.3 Å². The third-order valence-electron chi connectivity index (χ3n) is 5.03. The standard InChI is InChI=1S/C26H21N3O4/c27-16-20(14-19-10-11-23-24(15-19)33-17-32-23)25(30)29-22-9-5-4-8-21(22)26(31)28-13-12-18-6-2-1-3-7-18/h1-11,14-15H,12-13,17H2,(H,28,31)(H,29,30)/b20-14+. The van der Waals surface area contributed by atoms with Gasteiger partial charge in [-0.05, 0) is 47.9 Å². The number of rotatable bonds is 7. The zero-order valence-corrected chi connectivity index (χ0v) is 17.7. The van der Waals surface area contributed by atoms with Crippen LogP contribution < -0.4 is 20.1 Å². The fraction of sp³-hybridized carbons (Fsp3) is 0.115. The summed E-state index contributed by atoms with van der Waals surface area (Å²) in [5.74, 6) is 0.251. The summed E-state index contributed by atoms with van der Waals surface area (Å²) in [5.41, 5.74) is 2.28. The maximum Gasteiger partial charge on any atom is 0.266 e. The lowest BCUT2D eigenvalue weighted by Gasteiger charge is -2.11. The van der Waals surface area contributed by atoms with Crippen LogP contribution in [0.15, 0.2) is 78.4 Å². The van der Waals surface area contributed by atoms with E-state index in [0.717, 1.165) is 5.56 Å². The van der Waals surface area contributed by atoms with Crippen LogP contribution in [0.3, 0.4) is 0 Å². The molecule has 0 saturated carbocycles. The Morgan fingerprint density at radius 2 is 1.73 bits per heavy atom. The second kappa shape index (κ2) is 10.2. The zero-order chi connectivity index (χ0) is 23.0. The van der Waals surface area contributed by atoms with Crippen molar-refractivity contribution in [1.29, 1.82) is 5.26 Å². The summed E-state index contributed by atoms with van der Waals surface area (Å²) in [4.78, 5) is 25.5. The molecule has 2 amide bonds. The van der Waals surface area contributed by atoms with E-state index in [1.54, 1.807) is 42.5 Å². The molecule has 0 bridgehead atoms. The average molecular weight is 439 g/mol. The summed E-state index contributed by atoms with van der Waals surface area (Å²) in [5, 5.41) is 15.1. The molecule has 0 atom stereocenters. The number of hydrogen-bond donors (Lipinski definition) is 2. The zero-order valence-electron chi connectivity index (χ0n) is 17.7. The lowest BCUT2D eigenvalue weighted by Crippen LogP contribution is -2.27. The molecule has 4 rings (SSSR count). The molecular formula is C26H21N3O4. The number of carbonyl (C=O) groups is 2. The minimum absolute atomic E-state index is 0.104. The van der Waals surface area contributed by atoms with Crippen LogP contribution in [0.5, 0.6) is 11.5 Å². The Balaban J connectivity index is 1.44. The first-order valence-corrected chi connectivity index (χ1v) is 10.4. The van der Waals surface area contributed by atoms with Crippen LogP contribution in [0.1, 0.15) is 21.5 Å². The van der Waals surface area contributed by atoms with Gasteiger partial charge in [-0.3, -0.25) is 9.59 Å². The predicted molar refractivity (Wildman–Crippen MR) is 124 cm³/mol. The molecule has 0 unspecified atom stereocenters. The quantitative estimate of drug-likeness (QED) is 0.429. The van der Waals surface area contributed by atoms with Crippen molar-refractivity contribution in [2.24, 2.45) is 0 Å². The van der Waals surface area contributed by atoms with Crippen LogP contribution >= 0.6 is 0 Å². The molecule has 1 aliphatic rings. The molecule has 2 N–H and O–H groups in total. The first kappa shape index (κ1) is 21.7. The number of carbonyl (C=O) groups excluding carboxylic acids is 2. The van der Waals surface area contributed by atoms with Crippen LogP contribution in [0, 0.1) is 11.3 Å². The maximum atomic E-state index is 12.8. The third kappa shape index (κ3) is 5.38. The maximum absolute atomic E-state index is 12.8. The van der Waals surface area contributed by atoms with Crippen molar-refractivity contribution in [2.45, 2.75) is 6.42 Å². The van der Waals surface area contributed by atoms with Crippen molar-refractivity contribution in [3.05, 3.63) is 95.1 Å². The largest absolute Gasteiger partial charge is 0.454 e. The van der Waals surface area contributed by atoms with E-state index in [1.165, 1.54) is 6.08 Å². The van der Waals surface area contributed by atoms with Gasteiger partial charge < -0.3 is 20.1 Å². The number of hydrogen-bond acceptors (Lipinski definition) is 5. The summed E-state index contributed by atoms with van der Waals surface area (Å²) in [6.45, 7) is 0.594. The third-order valence-corrected chi connectivity index (χ3v) is 5.03. The Kier molecular flexibility index (Phi) is 6.67. The summed E-state index contributed by atoms with van der Waals surface area (Å²) in [6, 6.07) is 23.6. The summed E-state index contributed by atoms with van der Waals surface area (Å²) < 4.78 is 10.6. The number of nitriles is 1. The smallest absolute Gasteiger partial charge is 0.266 e. The molecule has 33 heavy (non-hydrogen) atoms. The molecule has 1 heterocycles. The van der Waals surface area contributed by atoms with Crippen molar-refractivity contribution in [3.8, 4) is 17.6 Å². The molecule has 164 valence electrons. The van der Waals surface area contributed by atoms with Gasteiger partial charge in [0, 0.05) is 6.54 Å². The molecule has 0 fully saturated rings. The normalized spacial score (nSPS) is 12.0. The number of nitrogens with one attached hydrogen (secondary N) is 2. The van der Waals surface area contributed by atoms with E-state index < -0.39 is 5.91 Å². The summed E-state index contributed by atoms with van der Waals surface area (Å²) >= 11 is 0. The van der Waals surface area contributed by atoms with E-state index in [2.05, 4.69) is 10.6 Å². The van der Waals surface area contributed by atoms with E-state index >= 15 is 0 Å². The number of para-hydroxylation sites is 1. The fourth-order valence-electron chi connectivity index (χ4n) is 3.36. The highest BCUT2D eigenvalue weighted by Crippen LogP contribution is 2.33. The van der Waals surface area contributed by atoms with Gasteiger partial charge in [0.05, 0.1) is 11.3 Å². The average Bonchev–Trinajstić information content (AvgIpc) is 3.31. The van der Waals surface area contributed by atoms with Gasteiger partial charge in [0.1, 0.15) is 11.6 Å². The van der Waals surface area contributed by atoms with Gasteiger partial charge in [0.15, 0.2) is 11.5 Å². The highest BCUT2D eigenvalue weighted by atomic mass is 16.7. The molecule has 3 aromatic rings. The van der Waals surface area contributed by atoms with Gasteiger partial charge in [-0.2, -0.15) is 5.26 Å². The number of ether oxygens (including phenoxy) is 2. The molecule has 0 spiro atoms. The van der Waals surface area contributed by atoms with Crippen molar-refractivity contribution in [2.75, 3.05) is 18.7 Å². The van der Waals surface area contributed by atoms with Crippen LogP contribution in [0.2, 0.25) is 0 Å². The van der Waals surface area contributed by atoms with Crippen molar-refractivity contribution >= 4 is 23.6 Å². The Bertz CT molecular complexity index is 1250. The number of anilines is 1. The van der Waals surface area contributed by atoms with Gasteiger partial charge in [0.2, 0.25) is 6.79 Å². The number of benzene rings is 3. The molecule has 0 aliphatic carbocycles. The van der Waals surface area contributed by atoms with Gasteiger partial charge in [0.25, 0.3) is 11.8 Å². The molecule has 0 radical (unpaired) electrons. The predicted octanol–water partition coefficient (Wildman–Crippen LogP) is 3.93. The molecular weight excluding hydrogens is 418 g/mol. The minimum Gasteiger partial charge on any atom is -0.454 e. The van der Waals surface area contributed by atoms with Gasteiger partial charge in [-0.25, -0.2) is 0 Å². The van der Waals surface area contributed by atoms with Crippen molar-refractivity contribution in [3.63, 3.8) is 0 Å². The van der Waals surface area contributed by atoms with E-state index in [9.17, 15) is 14.9 Å². The molecule has 7 nitrogen and oxygen atoms in total. The molecule has 0 aromatic heterocycles. The second-order valence-electron chi connectivity index (χ2n) is 7.27. The number of fused-ring (bicyclic) bond motifs is 1. The van der Waals surface area contributed by atoms with Crippen LogP contribution in [-0.2, 0) is 11.2 Å². The Hall–Kier alpha value is -4.57. The fourth-order valence-corrected chi connectivity index (χ4v) is 3.36. The van der Waals surface area contributed by atoms with Gasteiger partial charge >= 0.3 is 0 Å². The van der Waals surface area contributed by atoms with Crippen LogP contribution in [0.4, 0.5) is 5.69 Å². The summed E-state index contributed by atoms with van der Waals surface area (Å²) in [7, 11) is 0. The van der Waals surface area contributed by atoms with Gasteiger partial charge in [-0.1, -0.05) is 48.5 Å². The lowest BCUT2D eigenvalue weighted by molar-refractivity contribution is -0.112. The monoisotopic (exact) mass is 439 g/mol. The second-order valence-corrected chi connectivity index (χ2v) is 7.27. The Labute approximate surface area is 191 Å². The van der Waals surface area contributed by atoms with Gasteiger partial charge in [-0.15, -0.1) is 0 Å². The highest BCUT2D eigenvalue weighted by molar-refractivity contribution is 6.12. The Morgan fingerprint density at radius 3 is 2.55 bits per heavy atom. The number of amides is 2. The molecule has 3 aromatic carbocycles.